The van der Waals surface area contributed by atoms with Gasteiger partial charge in [-0.15, -0.1) is 0 Å². The largest absolute Gasteiger partial charge is 0.384 e. The predicted molar refractivity (Wildman–Crippen MR) is 64.7 cm³/mol. The number of halogens is 1. The molecule has 0 radical (unpaired) electrons. The van der Waals surface area contributed by atoms with Gasteiger partial charge < -0.3 is 16.4 Å². The number of urea groups is 1. The number of nitrogens with one attached hydrogen (secondary N) is 3. The Hall–Kier alpha value is -2.11. The minimum absolute atomic E-state index is 0.0589. The molecule has 17 heavy (non-hydrogen) atoms. The van der Waals surface area contributed by atoms with Crippen LogP contribution in [0.2, 0.25) is 0 Å². The molecule has 6 heteroatoms. The van der Waals surface area contributed by atoms with E-state index in [2.05, 4.69) is 10.6 Å². The zero-order valence-electron chi connectivity index (χ0n) is 9.51. The van der Waals surface area contributed by atoms with E-state index in [9.17, 15) is 9.18 Å². The Labute approximate surface area is 98.7 Å². The van der Waals surface area contributed by atoms with Crippen molar-refractivity contribution in [3.05, 3.63) is 29.6 Å². The van der Waals surface area contributed by atoms with Crippen LogP contribution in [-0.2, 0) is 0 Å². The Kier molecular flexibility index (Phi) is 4.45. The minimum Gasteiger partial charge on any atom is -0.384 e. The zero-order chi connectivity index (χ0) is 12.8. The van der Waals surface area contributed by atoms with Crippen LogP contribution in [0.3, 0.4) is 0 Å². The maximum atomic E-state index is 13.5. The molecule has 0 aromatic heterocycles. The Morgan fingerprint density at radius 3 is 2.76 bits per heavy atom. The fourth-order valence-electron chi connectivity index (χ4n) is 1.19. The lowest BCUT2D eigenvalue weighted by molar-refractivity contribution is 0.252. The molecule has 2 amide bonds. The van der Waals surface area contributed by atoms with Crippen LogP contribution in [-0.4, -0.2) is 18.4 Å². The summed E-state index contributed by atoms with van der Waals surface area (Å²) >= 11 is 0. The maximum absolute atomic E-state index is 13.5. The lowest BCUT2D eigenvalue weighted by atomic mass is 10.2. The van der Waals surface area contributed by atoms with Crippen molar-refractivity contribution in [1.29, 1.82) is 5.41 Å². The van der Waals surface area contributed by atoms with E-state index >= 15 is 0 Å². The number of carbonyl (C=O) groups excluding carboxylic acids is 1. The van der Waals surface area contributed by atoms with E-state index in [1.807, 2.05) is 6.92 Å². The number of rotatable bonds is 4. The van der Waals surface area contributed by atoms with Crippen molar-refractivity contribution in [3.63, 3.8) is 0 Å². The van der Waals surface area contributed by atoms with E-state index < -0.39 is 11.8 Å². The van der Waals surface area contributed by atoms with Crippen LogP contribution in [0.4, 0.5) is 14.9 Å². The summed E-state index contributed by atoms with van der Waals surface area (Å²) in [6, 6.07) is 3.50. The molecule has 0 bridgehead atoms. The van der Waals surface area contributed by atoms with Gasteiger partial charge in [0.15, 0.2) is 0 Å². The minimum atomic E-state index is -0.621. The van der Waals surface area contributed by atoms with Crippen molar-refractivity contribution in [2.24, 2.45) is 5.73 Å². The van der Waals surface area contributed by atoms with Gasteiger partial charge in [0.25, 0.3) is 0 Å². The van der Waals surface area contributed by atoms with Gasteiger partial charge in [-0.2, -0.15) is 0 Å². The lowest BCUT2D eigenvalue weighted by Crippen LogP contribution is -2.29. The number of carbonyl (C=O) groups is 1. The molecular formula is C11H15FN4O. The Balaban J connectivity index is 2.72. The molecule has 0 fully saturated rings. The molecule has 5 nitrogen and oxygen atoms in total. The summed E-state index contributed by atoms with van der Waals surface area (Å²) in [7, 11) is 0. The predicted octanol–water partition coefficient (Wildman–Crippen LogP) is 1.64. The second-order valence-electron chi connectivity index (χ2n) is 3.49. The monoisotopic (exact) mass is 238 g/mol. The van der Waals surface area contributed by atoms with E-state index in [1.54, 1.807) is 0 Å². The van der Waals surface area contributed by atoms with Crippen molar-refractivity contribution < 1.29 is 9.18 Å². The molecule has 5 N–H and O–H groups in total. The van der Waals surface area contributed by atoms with Crippen molar-refractivity contribution in [1.82, 2.24) is 5.32 Å². The molecular weight excluding hydrogens is 223 g/mol. The van der Waals surface area contributed by atoms with Crippen LogP contribution in [0.5, 0.6) is 0 Å². The summed E-state index contributed by atoms with van der Waals surface area (Å²) < 4.78 is 13.5. The van der Waals surface area contributed by atoms with Crippen LogP contribution in [0, 0.1) is 11.2 Å². The zero-order valence-corrected chi connectivity index (χ0v) is 9.51. The van der Waals surface area contributed by atoms with Gasteiger partial charge in [-0.05, 0) is 24.6 Å². The van der Waals surface area contributed by atoms with Crippen molar-refractivity contribution in [2.75, 3.05) is 11.9 Å². The molecule has 0 atom stereocenters. The summed E-state index contributed by atoms with van der Waals surface area (Å²) in [4.78, 5) is 11.3. The number of nitrogen functional groups attached to an aromatic ring is 1. The van der Waals surface area contributed by atoms with Gasteiger partial charge in [-0.25, -0.2) is 9.18 Å². The van der Waals surface area contributed by atoms with Gasteiger partial charge in [0.1, 0.15) is 11.7 Å². The van der Waals surface area contributed by atoms with Crippen LogP contribution >= 0.6 is 0 Å². The highest BCUT2D eigenvalue weighted by Crippen LogP contribution is 2.15. The quantitative estimate of drug-likeness (QED) is 0.474. The first kappa shape index (κ1) is 13.0. The number of amides is 2. The molecule has 0 aliphatic heterocycles. The van der Waals surface area contributed by atoms with Gasteiger partial charge in [0.05, 0.1) is 5.69 Å². The van der Waals surface area contributed by atoms with E-state index in [1.165, 1.54) is 12.1 Å². The normalized spacial score (nSPS) is 9.76. The highest BCUT2D eigenvalue weighted by atomic mass is 19.1. The van der Waals surface area contributed by atoms with Gasteiger partial charge in [0, 0.05) is 12.1 Å². The van der Waals surface area contributed by atoms with E-state index in [0.29, 0.717) is 6.54 Å². The van der Waals surface area contributed by atoms with Gasteiger partial charge in [0.2, 0.25) is 0 Å². The Bertz CT molecular complexity index is 433. The fourth-order valence-corrected chi connectivity index (χ4v) is 1.19. The highest BCUT2D eigenvalue weighted by molar-refractivity contribution is 5.96. The second kappa shape index (κ2) is 5.83. The molecule has 1 rings (SSSR count). The molecule has 0 saturated carbocycles. The van der Waals surface area contributed by atoms with E-state index in [4.69, 9.17) is 11.1 Å². The first-order valence-corrected chi connectivity index (χ1v) is 5.23. The van der Waals surface area contributed by atoms with Crippen LogP contribution in [0.25, 0.3) is 0 Å². The first-order valence-electron chi connectivity index (χ1n) is 5.23. The number of amidine groups is 1. The Morgan fingerprint density at radius 2 is 2.24 bits per heavy atom. The number of hydrogen-bond donors (Lipinski definition) is 4. The number of benzene rings is 1. The number of nitrogens with two attached hydrogens (primary N) is 1. The van der Waals surface area contributed by atoms with Crippen LogP contribution < -0.4 is 16.4 Å². The molecule has 1 aromatic carbocycles. The van der Waals surface area contributed by atoms with Crippen molar-refractivity contribution in [2.45, 2.75) is 13.3 Å². The standard InChI is InChI=1S/C11H15FN4O/c1-2-5-15-11(17)16-9-4-3-7(10(13)14)6-8(9)12/h3-4,6H,2,5H2,1H3,(H3,13,14)(H2,15,16,17). The second-order valence-corrected chi connectivity index (χ2v) is 3.49. The summed E-state index contributed by atoms with van der Waals surface area (Å²) in [5.41, 5.74) is 5.56. The topological polar surface area (TPSA) is 91.0 Å². The summed E-state index contributed by atoms with van der Waals surface area (Å²) in [6.07, 6.45) is 0.805. The average Bonchev–Trinajstić information content (AvgIpc) is 2.28. The van der Waals surface area contributed by atoms with Crippen LogP contribution in [0.15, 0.2) is 18.2 Å². The molecule has 0 saturated heterocycles. The van der Waals surface area contributed by atoms with Crippen LogP contribution in [0.1, 0.15) is 18.9 Å². The summed E-state index contributed by atoms with van der Waals surface area (Å²) in [5, 5.41) is 12.1. The molecule has 0 spiro atoms. The summed E-state index contributed by atoms with van der Waals surface area (Å²) in [5.74, 6) is -0.838. The van der Waals surface area contributed by atoms with E-state index in [0.717, 1.165) is 12.5 Å². The molecule has 0 unspecified atom stereocenters. The average molecular weight is 238 g/mol. The molecule has 0 aliphatic rings. The molecule has 1 aromatic rings. The molecule has 0 heterocycles. The smallest absolute Gasteiger partial charge is 0.319 e. The van der Waals surface area contributed by atoms with Gasteiger partial charge >= 0.3 is 6.03 Å². The maximum Gasteiger partial charge on any atom is 0.319 e. The Morgan fingerprint density at radius 1 is 1.53 bits per heavy atom. The number of anilines is 1. The fraction of sp³-hybridized carbons (Fsp3) is 0.273. The third-order valence-electron chi connectivity index (χ3n) is 2.06. The van der Waals surface area contributed by atoms with Gasteiger partial charge in [-0.1, -0.05) is 6.92 Å². The highest BCUT2D eigenvalue weighted by Gasteiger charge is 2.07. The number of hydrogen-bond acceptors (Lipinski definition) is 2. The summed E-state index contributed by atoms with van der Waals surface area (Å²) in [6.45, 7) is 2.45. The lowest BCUT2D eigenvalue weighted by Gasteiger charge is -2.08. The third kappa shape index (κ3) is 3.75. The van der Waals surface area contributed by atoms with E-state index in [-0.39, 0.29) is 17.1 Å². The van der Waals surface area contributed by atoms with Gasteiger partial charge in [-0.3, -0.25) is 5.41 Å². The van der Waals surface area contributed by atoms with Crippen molar-refractivity contribution >= 4 is 17.6 Å². The first-order chi connectivity index (χ1) is 8.04. The molecule has 92 valence electrons. The molecule has 0 aliphatic carbocycles. The SMILES string of the molecule is CCCNC(=O)Nc1ccc(C(=N)N)cc1F. The van der Waals surface area contributed by atoms with Crippen molar-refractivity contribution in [3.8, 4) is 0 Å². The third-order valence-corrected chi connectivity index (χ3v) is 2.06.